The quantitative estimate of drug-likeness (QED) is 0.768. The summed E-state index contributed by atoms with van der Waals surface area (Å²) in [5.74, 6) is -0.0678. The van der Waals surface area contributed by atoms with Gasteiger partial charge in [-0.25, -0.2) is 4.98 Å². The summed E-state index contributed by atoms with van der Waals surface area (Å²) in [6.45, 7) is 5.92. The predicted octanol–water partition coefficient (Wildman–Crippen LogP) is 0.166. The van der Waals surface area contributed by atoms with Crippen molar-refractivity contribution in [3.05, 3.63) is 11.1 Å². The molecule has 8 heteroatoms. The number of nitrogens with one attached hydrogen (secondary N) is 1. The number of carbonyl (C=O) groups is 1. The average molecular weight is 340 g/mol. The maximum Gasteiger partial charge on any atom is 0.263 e. The van der Waals surface area contributed by atoms with E-state index >= 15 is 0 Å². The van der Waals surface area contributed by atoms with Gasteiger partial charge in [0.25, 0.3) is 5.91 Å². The fourth-order valence-electron chi connectivity index (χ4n) is 3.02. The first-order valence-electron chi connectivity index (χ1n) is 8.19. The molecule has 0 bridgehead atoms. The van der Waals surface area contributed by atoms with Crippen LogP contribution in [0.4, 0.5) is 5.13 Å². The van der Waals surface area contributed by atoms with Crippen molar-refractivity contribution in [3.8, 4) is 0 Å². The first-order chi connectivity index (χ1) is 11.3. The van der Waals surface area contributed by atoms with E-state index in [1.807, 2.05) is 0 Å². The summed E-state index contributed by atoms with van der Waals surface area (Å²) in [6, 6.07) is 0.137. The van der Waals surface area contributed by atoms with Crippen LogP contribution in [0.5, 0.6) is 0 Å². The number of nitrogens with zero attached hydrogens (tertiary/aromatic N) is 3. The normalized spacial score (nSPS) is 22.5. The number of anilines is 1. The van der Waals surface area contributed by atoms with E-state index in [4.69, 9.17) is 4.74 Å². The van der Waals surface area contributed by atoms with Gasteiger partial charge in [-0.05, 0) is 12.8 Å². The topological polar surface area (TPSA) is 77.9 Å². The molecule has 2 fully saturated rings. The molecule has 2 aliphatic rings. The number of ether oxygens (including phenoxy) is 1. The van der Waals surface area contributed by atoms with Gasteiger partial charge in [0.15, 0.2) is 5.13 Å². The van der Waals surface area contributed by atoms with Crippen molar-refractivity contribution < 1.29 is 14.6 Å². The average Bonchev–Trinajstić information content (AvgIpc) is 3.24. The SMILES string of the molecule is O=C(NCCN1CCOCC1)c1cnc(N2CCCC2CO)s1. The summed E-state index contributed by atoms with van der Waals surface area (Å²) in [4.78, 5) is 21.6. The highest BCUT2D eigenvalue weighted by Gasteiger charge is 2.26. The van der Waals surface area contributed by atoms with E-state index in [2.05, 4.69) is 20.1 Å². The van der Waals surface area contributed by atoms with Crippen molar-refractivity contribution in [1.29, 1.82) is 0 Å². The first kappa shape index (κ1) is 16.6. The molecule has 128 valence electrons. The maximum atomic E-state index is 12.2. The fourth-order valence-corrected chi connectivity index (χ4v) is 3.95. The number of amides is 1. The van der Waals surface area contributed by atoms with Crippen molar-refractivity contribution in [2.45, 2.75) is 18.9 Å². The number of aliphatic hydroxyl groups excluding tert-OH is 1. The lowest BCUT2D eigenvalue weighted by atomic mass is 10.2. The lowest BCUT2D eigenvalue weighted by Crippen LogP contribution is -2.41. The van der Waals surface area contributed by atoms with E-state index in [1.165, 1.54) is 11.3 Å². The minimum Gasteiger partial charge on any atom is -0.394 e. The Bertz CT molecular complexity index is 519. The maximum absolute atomic E-state index is 12.2. The van der Waals surface area contributed by atoms with Gasteiger partial charge in [-0.3, -0.25) is 9.69 Å². The monoisotopic (exact) mass is 340 g/mol. The minimum absolute atomic E-state index is 0.0678. The Kier molecular flexibility index (Phi) is 5.82. The zero-order chi connectivity index (χ0) is 16.1. The van der Waals surface area contributed by atoms with Crippen molar-refractivity contribution in [2.75, 3.05) is 57.4 Å². The molecule has 3 heterocycles. The smallest absolute Gasteiger partial charge is 0.263 e. The molecule has 2 saturated heterocycles. The molecule has 1 unspecified atom stereocenters. The van der Waals surface area contributed by atoms with Gasteiger partial charge in [0.05, 0.1) is 32.1 Å². The zero-order valence-corrected chi connectivity index (χ0v) is 14.1. The Morgan fingerprint density at radius 2 is 2.26 bits per heavy atom. The summed E-state index contributed by atoms with van der Waals surface area (Å²) >= 11 is 1.40. The number of hydrogen-bond acceptors (Lipinski definition) is 7. The highest BCUT2D eigenvalue weighted by Crippen LogP contribution is 2.29. The predicted molar refractivity (Wildman–Crippen MR) is 89.2 cm³/mol. The largest absolute Gasteiger partial charge is 0.394 e. The van der Waals surface area contributed by atoms with Gasteiger partial charge in [-0.2, -0.15) is 0 Å². The van der Waals surface area contributed by atoms with Gasteiger partial charge in [0.2, 0.25) is 0 Å². The summed E-state index contributed by atoms with van der Waals surface area (Å²) in [7, 11) is 0. The third-order valence-corrected chi connectivity index (χ3v) is 5.40. The standard InChI is InChI=1S/C15H24N4O3S/c20-11-12-2-1-4-19(12)15-17-10-13(23-15)14(21)16-3-5-18-6-8-22-9-7-18/h10,12,20H,1-9,11H2,(H,16,21). The van der Waals surface area contributed by atoms with E-state index in [1.54, 1.807) is 6.20 Å². The second-order valence-electron chi connectivity index (χ2n) is 5.89. The zero-order valence-electron chi connectivity index (χ0n) is 13.2. The van der Waals surface area contributed by atoms with Crippen molar-refractivity contribution in [1.82, 2.24) is 15.2 Å². The summed E-state index contributed by atoms with van der Waals surface area (Å²) in [5.41, 5.74) is 0. The van der Waals surface area contributed by atoms with Crippen LogP contribution >= 0.6 is 11.3 Å². The first-order valence-corrected chi connectivity index (χ1v) is 9.01. The molecule has 1 aromatic heterocycles. The molecule has 0 radical (unpaired) electrons. The van der Waals surface area contributed by atoms with Crippen molar-refractivity contribution in [2.24, 2.45) is 0 Å². The van der Waals surface area contributed by atoms with Crippen LogP contribution in [0.25, 0.3) is 0 Å². The summed E-state index contributed by atoms with van der Waals surface area (Å²) < 4.78 is 5.31. The van der Waals surface area contributed by atoms with Gasteiger partial charge in [0.1, 0.15) is 4.88 Å². The van der Waals surface area contributed by atoms with Crippen LogP contribution < -0.4 is 10.2 Å². The number of rotatable bonds is 6. The van der Waals surface area contributed by atoms with Crippen LogP contribution in [0.1, 0.15) is 22.5 Å². The van der Waals surface area contributed by atoms with Gasteiger partial charge >= 0.3 is 0 Å². The van der Waals surface area contributed by atoms with E-state index in [-0.39, 0.29) is 18.6 Å². The van der Waals surface area contributed by atoms with Gasteiger partial charge < -0.3 is 20.1 Å². The molecule has 2 N–H and O–H groups in total. The number of thiazole rings is 1. The third-order valence-electron chi connectivity index (χ3n) is 4.37. The molecule has 23 heavy (non-hydrogen) atoms. The van der Waals surface area contributed by atoms with E-state index in [0.717, 1.165) is 57.4 Å². The molecule has 0 aliphatic carbocycles. The summed E-state index contributed by atoms with van der Waals surface area (Å²) in [6.07, 6.45) is 3.68. The molecule has 0 spiro atoms. The van der Waals surface area contributed by atoms with Crippen LogP contribution in [0.3, 0.4) is 0 Å². The minimum atomic E-state index is -0.0678. The second kappa shape index (κ2) is 8.05. The lowest BCUT2D eigenvalue weighted by molar-refractivity contribution is 0.0383. The number of carbonyl (C=O) groups excluding carboxylic acids is 1. The van der Waals surface area contributed by atoms with Crippen LogP contribution in [0, 0.1) is 0 Å². The number of aromatic nitrogens is 1. The Morgan fingerprint density at radius 3 is 3.04 bits per heavy atom. The molecule has 0 aromatic carbocycles. The second-order valence-corrected chi connectivity index (χ2v) is 6.90. The molecule has 0 saturated carbocycles. The van der Waals surface area contributed by atoms with Crippen molar-refractivity contribution >= 4 is 22.4 Å². The molecule has 2 aliphatic heterocycles. The van der Waals surface area contributed by atoms with Gasteiger partial charge in [0, 0.05) is 32.7 Å². The molecule has 1 aromatic rings. The number of morpholine rings is 1. The number of aliphatic hydroxyl groups is 1. The molecule has 3 rings (SSSR count). The molecule has 7 nitrogen and oxygen atoms in total. The fraction of sp³-hybridized carbons (Fsp3) is 0.733. The summed E-state index contributed by atoms with van der Waals surface area (Å²) in [5, 5.41) is 13.2. The highest BCUT2D eigenvalue weighted by atomic mass is 32.1. The van der Waals surface area contributed by atoms with E-state index in [9.17, 15) is 9.90 Å². The van der Waals surface area contributed by atoms with E-state index < -0.39 is 0 Å². The third kappa shape index (κ3) is 4.20. The van der Waals surface area contributed by atoms with Crippen LogP contribution in [-0.2, 0) is 4.74 Å². The van der Waals surface area contributed by atoms with Crippen LogP contribution in [-0.4, -0.2) is 79.5 Å². The highest BCUT2D eigenvalue weighted by molar-refractivity contribution is 7.17. The molecular weight excluding hydrogens is 316 g/mol. The Morgan fingerprint density at radius 1 is 1.43 bits per heavy atom. The van der Waals surface area contributed by atoms with E-state index in [0.29, 0.717) is 11.4 Å². The van der Waals surface area contributed by atoms with Crippen LogP contribution in [0.2, 0.25) is 0 Å². The molecule has 1 atom stereocenters. The Hall–Kier alpha value is -1.22. The van der Waals surface area contributed by atoms with Crippen molar-refractivity contribution in [3.63, 3.8) is 0 Å². The van der Waals surface area contributed by atoms with Gasteiger partial charge in [-0.1, -0.05) is 11.3 Å². The Balaban J connectivity index is 1.48. The Labute approximate surface area is 140 Å². The lowest BCUT2D eigenvalue weighted by Gasteiger charge is -2.26. The number of hydrogen-bond donors (Lipinski definition) is 2. The van der Waals surface area contributed by atoms with Gasteiger partial charge in [-0.15, -0.1) is 0 Å². The van der Waals surface area contributed by atoms with Crippen LogP contribution in [0.15, 0.2) is 6.20 Å². The molecular formula is C15H24N4O3S. The molecule has 1 amide bonds.